The van der Waals surface area contributed by atoms with Crippen LogP contribution in [0.25, 0.3) is 0 Å². The van der Waals surface area contributed by atoms with E-state index in [-0.39, 0.29) is 12.1 Å². The van der Waals surface area contributed by atoms with E-state index in [9.17, 15) is 17.2 Å². The topological polar surface area (TPSA) is 46.2 Å². The van der Waals surface area contributed by atoms with Gasteiger partial charge in [-0.25, -0.2) is 21.9 Å². The standard InChI is InChI=1S/C11H15F2NO2S/c1-11(2,3)17(15,16)14-7-8-5-4-6-9(12)10(8)13/h4-6,14H,7H2,1-3H3. The van der Waals surface area contributed by atoms with Crippen molar-refractivity contribution in [1.82, 2.24) is 4.72 Å². The zero-order valence-corrected chi connectivity index (χ0v) is 10.7. The lowest BCUT2D eigenvalue weighted by Gasteiger charge is -2.19. The molecule has 1 rings (SSSR count). The van der Waals surface area contributed by atoms with Gasteiger partial charge in [-0.2, -0.15) is 0 Å². The van der Waals surface area contributed by atoms with Gasteiger partial charge in [-0.1, -0.05) is 12.1 Å². The third-order valence-corrected chi connectivity index (χ3v) is 4.43. The molecule has 0 aliphatic carbocycles. The van der Waals surface area contributed by atoms with Crippen molar-refractivity contribution < 1.29 is 17.2 Å². The van der Waals surface area contributed by atoms with Crippen LogP contribution in [0.15, 0.2) is 18.2 Å². The van der Waals surface area contributed by atoms with Gasteiger partial charge >= 0.3 is 0 Å². The van der Waals surface area contributed by atoms with Crippen LogP contribution in [0.2, 0.25) is 0 Å². The summed E-state index contributed by atoms with van der Waals surface area (Å²) in [6.45, 7) is 4.31. The summed E-state index contributed by atoms with van der Waals surface area (Å²) in [4.78, 5) is 0. The van der Waals surface area contributed by atoms with E-state index in [0.717, 1.165) is 6.07 Å². The van der Waals surface area contributed by atoms with Gasteiger partial charge in [0.15, 0.2) is 11.6 Å². The normalized spacial score (nSPS) is 12.8. The first kappa shape index (κ1) is 14.1. The van der Waals surface area contributed by atoms with Crippen molar-refractivity contribution in [1.29, 1.82) is 0 Å². The first-order valence-electron chi connectivity index (χ1n) is 5.07. The molecule has 0 heterocycles. The average molecular weight is 263 g/mol. The fourth-order valence-corrected chi connectivity index (χ4v) is 1.85. The molecule has 0 spiro atoms. The van der Waals surface area contributed by atoms with Gasteiger partial charge in [0.1, 0.15) is 0 Å². The first-order valence-corrected chi connectivity index (χ1v) is 6.55. The van der Waals surface area contributed by atoms with Crippen LogP contribution in [0.5, 0.6) is 0 Å². The second-order valence-corrected chi connectivity index (χ2v) is 7.17. The van der Waals surface area contributed by atoms with Crippen molar-refractivity contribution in [3.05, 3.63) is 35.4 Å². The molecule has 0 amide bonds. The number of hydrogen-bond donors (Lipinski definition) is 1. The zero-order chi connectivity index (χ0) is 13.3. The molecule has 0 saturated carbocycles. The van der Waals surface area contributed by atoms with Gasteiger partial charge in [-0.05, 0) is 26.8 Å². The van der Waals surface area contributed by atoms with Crippen LogP contribution in [0.1, 0.15) is 26.3 Å². The highest BCUT2D eigenvalue weighted by Gasteiger charge is 2.28. The van der Waals surface area contributed by atoms with Crippen LogP contribution < -0.4 is 4.72 Å². The highest BCUT2D eigenvalue weighted by Crippen LogP contribution is 2.15. The molecule has 0 aliphatic heterocycles. The predicted octanol–water partition coefficient (Wildman–Crippen LogP) is 2.18. The molecule has 0 radical (unpaired) electrons. The van der Waals surface area contributed by atoms with Gasteiger partial charge in [0.2, 0.25) is 10.0 Å². The quantitative estimate of drug-likeness (QED) is 0.908. The van der Waals surface area contributed by atoms with Crippen LogP contribution in [0.3, 0.4) is 0 Å². The van der Waals surface area contributed by atoms with E-state index in [1.807, 2.05) is 0 Å². The van der Waals surface area contributed by atoms with Crippen molar-refractivity contribution in [3.8, 4) is 0 Å². The maximum absolute atomic E-state index is 13.3. The number of sulfonamides is 1. The van der Waals surface area contributed by atoms with Crippen LogP contribution >= 0.6 is 0 Å². The molecule has 17 heavy (non-hydrogen) atoms. The molecule has 3 nitrogen and oxygen atoms in total. The van der Waals surface area contributed by atoms with Crippen molar-refractivity contribution in [2.75, 3.05) is 0 Å². The molecule has 96 valence electrons. The Morgan fingerprint density at radius 3 is 2.35 bits per heavy atom. The summed E-state index contributed by atoms with van der Waals surface area (Å²) in [5.74, 6) is -2.01. The smallest absolute Gasteiger partial charge is 0.212 e. The van der Waals surface area contributed by atoms with E-state index < -0.39 is 26.4 Å². The summed E-state index contributed by atoms with van der Waals surface area (Å²) in [6.07, 6.45) is 0. The Labute approximate surface area is 99.9 Å². The number of nitrogens with one attached hydrogen (secondary N) is 1. The van der Waals surface area contributed by atoms with Crippen LogP contribution in [-0.2, 0) is 16.6 Å². The summed E-state index contributed by atoms with van der Waals surface area (Å²) in [5.41, 5.74) is -0.0159. The molecule has 0 unspecified atom stereocenters. The maximum atomic E-state index is 13.3. The summed E-state index contributed by atoms with van der Waals surface area (Å²) >= 11 is 0. The van der Waals surface area contributed by atoms with Crippen LogP contribution in [-0.4, -0.2) is 13.2 Å². The second kappa shape index (κ2) is 4.70. The van der Waals surface area contributed by atoms with Crippen LogP contribution in [0, 0.1) is 11.6 Å². The van der Waals surface area contributed by atoms with Crippen molar-refractivity contribution in [3.63, 3.8) is 0 Å². The summed E-state index contributed by atoms with van der Waals surface area (Å²) in [5, 5.41) is 0. The molecular formula is C11H15F2NO2S. The average Bonchev–Trinajstić information content (AvgIpc) is 2.18. The summed E-state index contributed by atoms with van der Waals surface area (Å²) < 4.78 is 50.8. The predicted molar refractivity (Wildman–Crippen MR) is 61.9 cm³/mol. The minimum atomic E-state index is -3.56. The number of benzene rings is 1. The van der Waals surface area contributed by atoms with Crippen LogP contribution in [0.4, 0.5) is 8.78 Å². The second-order valence-electron chi connectivity index (χ2n) is 4.65. The van der Waals surface area contributed by atoms with Gasteiger partial charge in [0, 0.05) is 12.1 Å². The molecular weight excluding hydrogens is 248 g/mol. The molecule has 0 saturated heterocycles. The van der Waals surface area contributed by atoms with Crippen molar-refractivity contribution in [2.24, 2.45) is 0 Å². The van der Waals surface area contributed by atoms with E-state index >= 15 is 0 Å². The molecule has 0 bridgehead atoms. The summed E-state index contributed by atoms with van der Waals surface area (Å²) in [6, 6.07) is 3.65. The lowest BCUT2D eigenvalue weighted by Crippen LogP contribution is -2.39. The number of hydrogen-bond acceptors (Lipinski definition) is 2. The Hall–Kier alpha value is -1.01. The lowest BCUT2D eigenvalue weighted by atomic mass is 10.2. The van der Waals surface area contributed by atoms with E-state index in [1.165, 1.54) is 32.9 Å². The van der Waals surface area contributed by atoms with Gasteiger partial charge in [-0.15, -0.1) is 0 Å². The zero-order valence-electron chi connectivity index (χ0n) is 9.92. The molecule has 0 atom stereocenters. The van der Waals surface area contributed by atoms with E-state index in [1.54, 1.807) is 0 Å². The third-order valence-electron chi connectivity index (χ3n) is 2.29. The highest BCUT2D eigenvalue weighted by atomic mass is 32.2. The third kappa shape index (κ3) is 3.23. The van der Waals surface area contributed by atoms with Gasteiger partial charge in [0.05, 0.1) is 4.75 Å². The van der Waals surface area contributed by atoms with E-state index in [4.69, 9.17) is 0 Å². The Morgan fingerprint density at radius 2 is 1.82 bits per heavy atom. The molecule has 1 aromatic rings. The first-order chi connectivity index (χ1) is 7.65. The summed E-state index contributed by atoms with van der Waals surface area (Å²) in [7, 11) is -3.56. The Bertz CT molecular complexity index is 507. The van der Waals surface area contributed by atoms with Gasteiger partial charge in [-0.3, -0.25) is 0 Å². The Kier molecular flexibility index (Phi) is 3.88. The minimum absolute atomic E-state index is 0.0159. The van der Waals surface area contributed by atoms with Gasteiger partial charge in [0.25, 0.3) is 0 Å². The molecule has 6 heteroatoms. The molecule has 1 aromatic carbocycles. The van der Waals surface area contributed by atoms with E-state index in [0.29, 0.717) is 0 Å². The molecule has 1 N–H and O–H groups in total. The molecule has 0 fully saturated rings. The fourth-order valence-electron chi connectivity index (χ4n) is 1.07. The Morgan fingerprint density at radius 1 is 1.24 bits per heavy atom. The fraction of sp³-hybridized carbons (Fsp3) is 0.455. The highest BCUT2D eigenvalue weighted by molar-refractivity contribution is 7.90. The minimum Gasteiger partial charge on any atom is -0.212 e. The Balaban J connectivity index is 2.86. The van der Waals surface area contributed by atoms with Crippen molar-refractivity contribution >= 4 is 10.0 Å². The van der Waals surface area contributed by atoms with E-state index in [2.05, 4.69) is 4.72 Å². The number of rotatable bonds is 3. The van der Waals surface area contributed by atoms with Gasteiger partial charge < -0.3 is 0 Å². The maximum Gasteiger partial charge on any atom is 0.216 e. The lowest BCUT2D eigenvalue weighted by molar-refractivity contribution is 0.495. The monoisotopic (exact) mass is 263 g/mol. The number of halogens is 2. The SMILES string of the molecule is CC(C)(C)S(=O)(=O)NCc1cccc(F)c1F. The van der Waals surface area contributed by atoms with Crippen molar-refractivity contribution in [2.45, 2.75) is 32.1 Å². The molecule has 0 aliphatic rings. The molecule has 0 aromatic heterocycles. The largest absolute Gasteiger partial charge is 0.216 e.